The fraction of sp³-hybridized carbons (Fsp3) is 0.364. The molecule has 1 N–H and O–H groups in total. The highest BCUT2D eigenvalue weighted by Crippen LogP contribution is 2.20. The van der Waals surface area contributed by atoms with Crippen molar-refractivity contribution in [1.82, 2.24) is 0 Å². The van der Waals surface area contributed by atoms with Gasteiger partial charge in [-0.05, 0) is 30.0 Å². The van der Waals surface area contributed by atoms with Crippen LogP contribution in [0, 0.1) is 0 Å². The van der Waals surface area contributed by atoms with E-state index in [2.05, 4.69) is 31.9 Å². The average molecular weight is 336 g/mol. The zero-order valence-electron chi connectivity index (χ0n) is 8.17. The molecule has 0 heterocycles. The van der Waals surface area contributed by atoms with Crippen molar-refractivity contribution in [3.63, 3.8) is 0 Å². The van der Waals surface area contributed by atoms with Crippen molar-refractivity contribution in [1.29, 1.82) is 0 Å². The van der Waals surface area contributed by atoms with Crippen LogP contribution in [0.2, 0.25) is 0 Å². The van der Waals surface area contributed by atoms with E-state index in [9.17, 15) is 4.79 Å². The van der Waals surface area contributed by atoms with E-state index in [0.29, 0.717) is 0 Å². The number of hydrogen-bond donors (Lipinski definition) is 1. The molecule has 0 aromatic heterocycles. The summed E-state index contributed by atoms with van der Waals surface area (Å²) in [5.41, 5.74) is 2.03. The lowest BCUT2D eigenvalue weighted by Crippen LogP contribution is -2.01. The summed E-state index contributed by atoms with van der Waals surface area (Å²) >= 11 is 6.73. The summed E-state index contributed by atoms with van der Waals surface area (Å²) in [5.74, 6) is -0.798. The summed E-state index contributed by atoms with van der Waals surface area (Å²) in [5, 5.41) is 9.70. The Morgan fingerprint density at radius 1 is 1.40 bits per heavy atom. The number of benzene rings is 1. The highest BCUT2D eigenvalue weighted by atomic mass is 79.9. The van der Waals surface area contributed by atoms with E-state index in [0.717, 1.165) is 28.2 Å². The van der Waals surface area contributed by atoms with Gasteiger partial charge in [-0.15, -0.1) is 0 Å². The van der Waals surface area contributed by atoms with Crippen LogP contribution in [0.25, 0.3) is 0 Å². The maximum Gasteiger partial charge on any atom is 0.307 e. The van der Waals surface area contributed by atoms with Crippen LogP contribution in [0.1, 0.15) is 17.5 Å². The highest BCUT2D eigenvalue weighted by molar-refractivity contribution is 9.10. The SMILES string of the molecule is O=C(O)Cc1cc(CCCBr)ccc1Br. The monoisotopic (exact) mass is 334 g/mol. The van der Waals surface area contributed by atoms with Crippen LogP contribution in [-0.4, -0.2) is 16.4 Å². The fourth-order valence-corrected chi connectivity index (χ4v) is 2.02. The maximum atomic E-state index is 10.6. The molecule has 0 spiro atoms. The smallest absolute Gasteiger partial charge is 0.307 e. The van der Waals surface area contributed by atoms with Gasteiger partial charge in [0, 0.05) is 9.80 Å². The van der Waals surface area contributed by atoms with E-state index in [1.807, 2.05) is 18.2 Å². The number of carboxylic acid groups (broad SMARTS) is 1. The first-order chi connectivity index (χ1) is 7.13. The number of aryl methyl sites for hydroxylation is 1. The summed E-state index contributed by atoms with van der Waals surface area (Å²) in [7, 11) is 0. The Morgan fingerprint density at radius 3 is 2.73 bits per heavy atom. The number of carboxylic acids is 1. The van der Waals surface area contributed by atoms with Gasteiger partial charge in [0.25, 0.3) is 0 Å². The first kappa shape index (κ1) is 12.7. The second kappa shape index (κ2) is 6.28. The van der Waals surface area contributed by atoms with E-state index < -0.39 is 5.97 Å². The minimum absolute atomic E-state index is 0.0722. The largest absolute Gasteiger partial charge is 0.481 e. The average Bonchev–Trinajstić information content (AvgIpc) is 2.18. The number of alkyl halides is 1. The molecule has 0 amide bonds. The molecule has 0 aliphatic heterocycles. The lowest BCUT2D eigenvalue weighted by atomic mass is 10.1. The van der Waals surface area contributed by atoms with Crippen LogP contribution >= 0.6 is 31.9 Å². The molecule has 2 nitrogen and oxygen atoms in total. The fourth-order valence-electron chi connectivity index (χ4n) is 1.35. The molecule has 82 valence electrons. The van der Waals surface area contributed by atoms with E-state index >= 15 is 0 Å². The van der Waals surface area contributed by atoms with Crippen molar-refractivity contribution in [2.75, 3.05) is 5.33 Å². The number of carbonyl (C=O) groups is 1. The summed E-state index contributed by atoms with van der Waals surface area (Å²) in [6.45, 7) is 0. The van der Waals surface area contributed by atoms with E-state index in [-0.39, 0.29) is 6.42 Å². The molecule has 0 unspecified atom stereocenters. The summed E-state index contributed by atoms with van der Waals surface area (Å²) in [4.78, 5) is 10.6. The minimum atomic E-state index is -0.798. The standard InChI is InChI=1S/C11H12Br2O2/c12-5-1-2-8-3-4-10(13)9(6-8)7-11(14)15/h3-4,6H,1-2,5,7H2,(H,14,15). The number of aliphatic carboxylic acids is 1. The van der Waals surface area contributed by atoms with Crippen LogP contribution in [0.15, 0.2) is 22.7 Å². The van der Waals surface area contributed by atoms with Crippen molar-refractivity contribution in [3.8, 4) is 0 Å². The topological polar surface area (TPSA) is 37.3 Å². The van der Waals surface area contributed by atoms with E-state index in [1.54, 1.807) is 0 Å². The second-order valence-corrected chi connectivity index (χ2v) is 4.94. The molecule has 0 atom stereocenters. The Hall–Kier alpha value is -0.350. The second-order valence-electron chi connectivity index (χ2n) is 3.29. The Labute approximate surface area is 106 Å². The molecule has 1 aromatic rings. The van der Waals surface area contributed by atoms with Crippen LogP contribution in [-0.2, 0) is 17.6 Å². The Kier molecular flexibility index (Phi) is 5.32. The molecule has 0 fully saturated rings. The van der Waals surface area contributed by atoms with Crippen LogP contribution in [0.4, 0.5) is 0 Å². The van der Waals surface area contributed by atoms with Gasteiger partial charge in [0.15, 0.2) is 0 Å². The maximum absolute atomic E-state index is 10.6. The Morgan fingerprint density at radius 2 is 2.13 bits per heavy atom. The van der Waals surface area contributed by atoms with Gasteiger partial charge in [-0.25, -0.2) is 0 Å². The lowest BCUT2D eigenvalue weighted by Gasteiger charge is -2.05. The van der Waals surface area contributed by atoms with E-state index in [1.165, 1.54) is 5.56 Å². The Balaban J connectivity index is 2.80. The van der Waals surface area contributed by atoms with Crippen molar-refractivity contribution in [3.05, 3.63) is 33.8 Å². The molecule has 0 aliphatic rings. The molecule has 0 aliphatic carbocycles. The van der Waals surface area contributed by atoms with Gasteiger partial charge in [0.1, 0.15) is 0 Å². The molecule has 4 heteroatoms. The van der Waals surface area contributed by atoms with Gasteiger partial charge in [-0.1, -0.05) is 44.0 Å². The van der Waals surface area contributed by atoms with Gasteiger partial charge < -0.3 is 5.11 Å². The number of rotatable bonds is 5. The van der Waals surface area contributed by atoms with Crippen LogP contribution in [0.5, 0.6) is 0 Å². The molecule has 1 rings (SSSR count). The van der Waals surface area contributed by atoms with Crippen LogP contribution < -0.4 is 0 Å². The molecule has 0 saturated carbocycles. The third kappa shape index (κ3) is 4.34. The lowest BCUT2D eigenvalue weighted by molar-refractivity contribution is -0.136. The van der Waals surface area contributed by atoms with E-state index in [4.69, 9.17) is 5.11 Å². The van der Waals surface area contributed by atoms with Crippen molar-refractivity contribution < 1.29 is 9.90 Å². The first-order valence-corrected chi connectivity index (χ1v) is 6.60. The quantitative estimate of drug-likeness (QED) is 0.837. The summed E-state index contributed by atoms with van der Waals surface area (Å²) in [6.07, 6.45) is 2.11. The zero-order valence-corrected chi connectivity index (χ0v) is 11.3. The van der Waals surface area contributed by atoms with Crippen molar-refractivity contribution >= 4 is 37.8 Å². The zero-order chi connectivity index (χ0) is 11.3. The molecular formula is C11H12Br2O2. The molecule has 0 radical (unpaired) electrons. The molecular weight excluding hydrogens is 324 g/mol. The molecule has 0 bridgehead atoms. The normalized spacial score (nSPS) is 10.3. The molecule has 1 aromatic carbocycles. The first-order valence-electron chi connectivity index (χ1n) is 4.68. The highest BCUT2D eigenvalue weighted by Gasteiger charge is 2.06. The van der Waals surface area contributed by atoms with Crippen LogP contribution in [0.3, 0.4) is 0 Å². The van der Waals surface area contributed by atoms with Gasteiger partial charge in [0.05, 0.1) is 6.42 Å². The Bertz CT molecular complexity index is 350. The van der Waals surface area contributed by atoms with Gasteiger partial charge in [-0.2, -0.15) is 0 Å². The number of halogens is 2. The van der Waals surface area contributed by atoms with Crippen molar-refractivity contribution in [2.24, 2.45) is 0 Å². The molecule has 0 saturated heterocycles. The third-order valence-electron chi connectivity index (χ3n) is 2.05. The third-order valence-corrected chi connectivity index (χ3v) is 3.39. The van der Waals surface area contributed by atoms with Crippen molar-refractivity contribution in [2.45, 2.75) is 19.3 Å². The summed E-state index contributed by atoms with van der Waals surface area (Å²) < 4.78 is 0.868. The number of hydrogen-bond acceptors (Lipinski definition) is 1. The van der Waals surface area contributed by atoms with Gasteiger partial charge in [-0.3, -0.25) is 4.79 Å². The van der Waals surface area contributed by atoms with Gasteiger partial charge in [0.2, 0.25) is 0 Å². The van der Waals surface area contributed by atoms with Gasteiger partial charge >= 0.3 is 5.97 Å². The summed E-state index contributed by atoms with van der Waals surface area (Å²) in [6, 6.07) is 5.90. The predicted octanol–water partition coefficient (Wildman–Crippen LogP) is 3.40. The minimum Gasteiger partial charge on any atom is -0.481 e. The predicted molar refractivity (Wildman–Crippen MR) is 67.6 cm³/mol. The molecule has 15 heavy (non-hydrogen) atoms.